The molecule has 0 aliphatic heterocycles. The van der Waals surface area contributed by atoms with Gasteiger partial charge in [-0.25, -0.2) is 18.4 Å². The van der Waals surface area contributed by atoms with Crippen molar-refractivity contribution in [3.8, 4) is 11.1 Å². The van der Waals surface area contributed by atoms with Crippen LogP contribution in [0.2, 0.25) is 10.0 Å². The Balaban J connectivity index is 2.24. The van der Waals surface area contributed by atoms with Crippen LogP contribution in [0, 0.1) is 0 Å². The van der Waals surface area contributed by atoms with E-state index < -0.39 is 16.1 Å². The molecule has 0 aliphatic rings. The monoisotopic (exact) mass is 450 g/mol. The Hall–Kier alpha value is -2.65. The second kappa shape index (κ2) is 8.38. The first-order chi connectivity index (χ1) is 13.7. The summed E-state index contributed by atoms with van der Waals surface area (Å²) in [5.41, 5.74) is 6.92. The molecule has 2 aromatic carbocycles. The third kappa shape index (κ3) is 4.86. The predicted octanol–water partition coefficient (Wildman–Crippen LogP) is 3.79. The third-order valence-corrected chi connectivity index (χ3v) is 5.51. The highest BCUT2D eigenvalue weighted by atomic mass is 35.5. The molecule has 2 amide bonds. The maximum absolute atomic E-state index is 12.5. The van der Waals surface area contributed by atoms with Gasteiger partial charge in [-0.3, -0.25) is 9.88 Å². The number of hydrogen-bond donors (Lipinski definition) is 2. The number of urea groups is 1. The van der Waals surface area contributed by atoms with Crippen LogP contribution >= 0.6 is 23.2 Å². The van der Waals surface area contributed by atoms with Gasteiger partial charge in [-0.1, -0.05) is 41.4 Å². The molecular formula is C19H16Cl2N4O3S. The van der Waals surface area contributed by atoms with E-state index in [1.54, 1.807) is 48.8 Å². The second-order valence-corrected chi connectivity index (χ2v) is 8.51. The molecule has 0 saturated heterocycles. The van der Waals surface area contributed by atoms with E-state index in [9.17, 15) is 13.2 Å². The number of anilines is 1. The zero-order valence-corrected chi connectivity index (χ0v) is 17.2. The van der Waals surface area contributed by atoms with Crippen LogP contribution in [0.5, 0.6) is 0 Å². The van der Waals surface area contributed by atoms with Gasteiger partial charge in [-0.05, 0) is 41.5 Å². The summed E-state index contributed by atoms with van der Waals surface area (Å²) in [5, 5.41) is 6.16. The summed E-state index contributed by atoms with van der Waals surface area (Å²) in [4.78, 5) is 17.0. The fraction of sp³-hybridized carbons (Fsp3) is 0.0526. The second-order valence-electron chi connectivity index (χ2n) is 6.14. The highest BCUT2D eigenvalue weighted by Gasteiger charge is 2.26. The predicted molar refractivity (Wildman–Crippen MR) is 113 cm³/mol. The molecule has 29 heavy (non-hydrogen) atoms. The van der Waals surface area contributed by atoms with Gasteiger partial charge in [0, 0.05) is 28.0 Å². The van der Waals surface area contributed by atoms with Crippen molar-refractivity contribution in [3.05, 3.63) is 76.5 Å². The molecule has 0 saturated carbocycles. The lowest BCUT2D eigenvalue weighted by molar-refractivity contribution is 0.253. The standard InChI is InChI=1S/C19H16Cl2N4O3S/c20-14-7-13(8-15(21)9-14)16-4-1-5-17(18(16)29(23,27)28)25(19(22)26)11-12-3-2-6-24-10-12/h1-10H,11H2,(H2,22,26)(H2,23,27,28). The number of primary sulfonamides is 1. The number of halogens is 2. The van der Waals surface area contributed by atoms with E-state index in [1.807, 2.05) is 0 Å². The number of benzene rings is 2. The van der Waals surface area contributed by atoms with Crippen LogP contribution in [-0.4, -0.2) is 19.4 Å². The van der Waals surface area contributed by atoms with E-state index in [2.05, 4.69) is 4.98 Å². The van der Waals surface area contributed by atoms with E-state index in [1.165, 1.54) is 12.1 Å². The molecule has 0 spiro atoms. The highest BCUT2D eigenvalue weighted by molar-refractivity contribution is 7.89. The Morgan fingerprint density at radius 3 is 2.31 bits per heavy atom. The molecule has 0 unspecified atom stereocenters. The van der Waals surface area contributed by atoms with E-state index in [0.717, 1.165) is 4.90 Å². The van der Waals surface area contributed by atoms with Crippen molar-refractivity contribution in [3.63, 3.8) is 0 Å². The quantitative estimate of drug-likeness (QED) is 0.613. The number of rotatable bonds is 5. The number of primary amides is 1. The molecule has 0 bridgehead atoms. The minimum atomic E-state index is -4.26. The minimum Gasteiger partial charge on any atom is -0.351 e. The Morgan fingerprint density at radius 1 is 1.07 bits per heavy atom. The largest absolute Gasteiger partial charge is 0.351 e. The molecule has 1 aromatic heterocycles. The van der Waals surface area contributed by atoms with Crippen LogP contribution < -0.4 is 15.8 Å². The van der Waals surface area contributed by atoms with E-state index in [-0.39, 0.29) is 22.7 Å². The first-order valence-electron chi connectivity index (χ1n) is 8.25. The average molecular weight is 451 g/mol. The molecule has 0 fully saturated rings. The van der Waals surface area contributed by atoms with Crippen LogP contribution in [0.15, 0.2) is 65.8 Å². The number of carbonyl (C=O) groups is 1. The van der Waals surface area contributed by atoms with Crippen molar-refractivity contribution >= 4 is 44.9 Å². The average Bonchev–Trinajstić information content (AvgIpc) is 2.64. The van der Waals surface area contributed by atoms with Crippen molar-refractivity contribution in [2.24, 2.45) is 10.9 Å². The molecule has 7 nitrogen and oxygen atoms in total. The first kappa shape index (κ1) is 21.1. The smallest absolute Gasteiger partial charge is 0.319 e. The topological polar surface area (TPSA) is 119 Å². The molecule has 3 aromatic rings. The zero-order chi connectivity index (χ0) is 21.2. The van der Waals surface area contributed by atoms with Crippen LogP contribution in [0.4, 0.5) is 10.5 Å². The van der Waals surface area contributed by atoms with Crippen molar-refractivity contribution < 1.29 is 13.2 Å². The Bertz CT molecular complexity index is 1150. The van der Waals surface area contributed by atoms with Gasteiger partial charge in [0.15, 0.2) is 0 Å². The van der Waals surface area contributed by atoms with E-state index >= 15 is 0 Å². The molecule has 3 rings (SSSR count). The molecule has 0 radical (unpaired) electrons. The maximum Gasteiger partial charge on any atom is 0.319 e. The summed E-state index contributed by atoms with van der Waals surface area (Å²) >= 11 is 12.1. The summed E-state index contributed by atoms with van der Waals surface area (Å²) in [7, 11) is -4.26. The summed E-state index contributed by atoms with van der Waals surface area (Å²) < 4.78 is 25.0. The summed E-state index contributed by atoms with van der Waals surface area (Å²) in [5.74, 6) is 0. The number of hydrogen-bond acceptors (Lipinski definition) is 4. The fourth-order valence-electron chi connectivity index (χ4n) is 2.93. The maximum atomic E-state index is 12.5. The highest BCUT2D eigenvalue weighted by Crippen LogP contribution is 2.37. The summed E-state index contributed by atoms with van der Waals surface area (Å²) in [6, 6.07) is 11.8. The number of aromatic nitrogens is 1. The zero-order valence-electron chi connectivity index (χ0n) is 14.9. The van der Waals surface area contributed by atoms with Gasteiger partial charge in [0.05, 0.1) is 12.2 Å². The van der Waals surface area contributed by atoms with E-state index in [4.69, 9.17) is 34.1 Å². The summed E-state index contributed by atoms with van der Waals surface area (Å²) in [6.07, 6.45) is 3.13. The Morgan fingerprint density at radius 2 is 1.76 bits per heavy atom. The van der Waals surface area contributed by atoms with E-state index in [0.29, 0.717) is 21.2 Å². The van der Waals surface area contributed by atoms with Crippen LogP contribution in [0.1, 0.15) is 5.56 Å². The van der Waals surface area contributed by atoms with Gasteiger partial charge < -0.3 is 5.73 Å². The lowest BCUT2D eigenvalue weighted by Gasteiger charge is -2.24. The fourth-order valence-corrected chi connectivity index (χ4v) is 4.42. The normalized spacial score (nSPS) is 11.3. The number of pyridine rings is 1. The molecule has 150 valence electrons. The van der Waals surface area contributed by atoms with Crippen molar-refractivity contribution in [2.75, 3.05) is 4.90 Å². The lowest BCUT2D eigenvalue weighted by Crippen LogP contribution is -2.36. The van der Waals surface area contributed by atoms with Crippen LogP contribution in [0.25, 0.3) is 11.1 Å². The van der Waals surface area contributed by atoms with Crippen molar-refractivity contribution in [2.45, 2.75) is 11.4 Å². The van der Waals surface area contributed by atoms with Crippen molar-refractivity contribution in [1.82, 2.24) is 4.98 Å². The minimum absolute atomic E-state index is 0.00541. The van der Waals surface area contributed by atoms with Gasteiger partial charge in [-0.2, -0.15) is 0 Å². The molecule has 10 heteroatoms. The number of nitrogens with zero attached hydrogens (tertiary/aromatic N) is 2. The van der Waals surface area contributed by atoms with Gasteiger partial charge in [0.2, 0.25) is 10.0 Å². The molecule has 1 heterocycles. The third-order valence-electron chi connectivity index (χ3n) is 4.07. The lowest BCUT2D eigenvalue weighted by atomic mass is 10.0. The molecular weight excluding hydrogens is 435 g/mol. The Kier molecular flexibility index (Phi) is 6.09. The van der Waals surface area contributed by atoms with Gasteiger partial charge >= 0.3 is 6.03 Å². The number of sulfonamides is 1. The Labute approximate surface area is 177 Å². The number of nitrogens with two attached hydrogens (primary N) is 2. The van der Waals surface area contributed by atoms with Crippen LogP contribution in [-0.2, 0) is 16.6 Å². The van der Waals surface area contributed by atoms with Gasteiger partial charge in [0.1, 0.15) is 4.90 Å². The molecule has 0 atom stereocenters. The van der Waals surface area contributed by atoms with Gasteiger partial charge in [0.25, 0.3) is 0 Å². The van der Waals surface area contributed by atoms with Crippen LogP contribution in [0.3, 0.4) is 0 Å². The number of carbonyl (C=O) groups excluding carboxylic acids is 1. The molecule has 4 N–H and O–H groups in total. The van der Waals surface area contributed by atoms with Gasteiger partial charge in [-0.15, -0.1) is 0 Å². The number of amides is 2. The summed E-state index contributed by atoms with van der Waals surface area (Å²) in [6.45, 7) is 0.00541. The SMILES string of the molecule is NC(=O)N(Cc1cccnc1)c1cccc(-c2cc(Cl)cc(Cl)c2)c1S(N)(=O)=O. The first-order valence-corrected chi connectivity index (χ1v) is 10.5. The molecule has 0 aliphatic carbocycles. The van der Waals surface area contributed by atoms with Crippen molar-refractivity contribution in [1.29, 1.82) is 0 Å².